The molecule has 0 saturated carbocycles. The number of aliphatic hydroxyl groups is 6. The largest absolute Gasteiger partial charge is 0.396 e. The minimum Gasteiger partial charge on any atom is -0.396 e. The van der Waals surface area contributed by atoms with Crippen molar-refractivity contribution >= 4 is 0 Å². The summed E-state index contributed by atoms with van der Waals surface area (Å²) in [4.78, 5) is 0. The molecule has 0 amide bonds. The Labute approximate surface area is 108 Å². The minimum atomic E-state index is -1.74. The van der Waals surface area contributed by atoms with Gasteiger partial charge in [-0.05, 0) is 38.5 Å². The molecule has 6 N–H and O–H groups in total. The van der Waals surface area contributed by atoms with Crippen LogP contribution in [0.4, 0.5) is 0 Å². The summed E-state index contributed by atoms with van der Waals surface area (Å²) in [6.45, 7) is -0.642. The van der Waals surface area contributed by atoms with Gasteiger partial charge in [0.25, 0.3) is 0 Å². The first kappa shape index (κ1) is 17.8. The average molecular weight is 266 g/mol. The SMILES string of the molecule is OCCCC[C@H](O)[C@@H](O)[C@@](O)(CO)CCCCO. The maximum absolute atomic E-state index is 10.1. The van der Waals surface area contributed by atoms with E-state index in [-0.39, 0.29) is 26.1 Å². The molecule has 0 aromatic carbocycles. The van der Waals surface area contributed by atoms with Crippen molar-refractivity contribution in [3.8, 4) is 0 Å². The number of hydrogen-bond donors (Lipinski definition) is 6. The molecule has 0 heterocycles. The molecule has 3 atom stereocenters. The summed E-state index contributed by atoms with van der Waals surface area (Å²) in [5, 5.41) is 56.0. The van der Waals surface area contributed by atoms with Crippen LogP contribution in [-0.4, -0.2) is 68.3 Å². The Bertz CT molecular complexity index is 201. The summed E-state index contributed by atoms with van der Waals surface area (Å²) in [6.07, 6.45) is -0.225. The standard InChI is InChI=1S/C12H26O6/c13-7-3-1-5-10(16)11(17)12(18,9-15)6-2-4-8-14/h10-11,13-18H,1-9H2/t10-,11+,12-/m0/s1. The highest BCUT2D eigenvalue weighted by Crippen LogP contribution is 2.23. The van der Waals surface area contributed by atoms with Crippen molar-refractivity contribution in [2.45, 2.75) is 56.3 Å². The quantitative estimate of drug-likeness (QED) is 0.260. The maximum atomic E-state index is 10.1. The molecule has 0 aromatic rings. The van der Waals surface area contributed by atoms with Gasteiger partial charge in [-0.2, -0.15) is 0 Å². The van der Waals surface area contributed by atoms with Crippen molar-refractivity contribution in [2.75, 3.05) is 19.8 Å². The second kappa shape index (κ2) is 9.66. The van der Waals surface area contributed by atoms with E-state index in [0.29, 0.717) is 25.7 Å². The molecule has 0 aliphatic rings. The van der Waals surface area contributed by atoms with Crippen LogP contribution in [-0.2, 0) is 0 Å². The van der Waals surface area contributed by atoms with Crippen LogP contribution < -0.4 is 0 Å². The second-order valence-electron chi connectivity index (χ2n) is 4.67. The van der Waals surface area contributed by atoms with Crippen LogP contribution in [0, 0.1) is 0 Å². The molecular weight excluding hydrogens is 240 g/mol. The first-order valence-electron chi connectivity index (χ1n) is 6.43. The Balaban J connectivity index is 4.23. The van der Waals surface area contributed by atoms with Crippen LogP contribution in [0.25, 0.3) is 0 Å². The van der Waals surface area contributed by atoms with Crippen molar-refractivity contribution in [2.24, 2.45) is 0 Å². The fourth-order valence-electron chi connectivity index (χ4n) is 1.84. The third-order valence-electron chi connectivity index (χ3n) is 3.11. The predicted octanol–water partition coefficient (Wildman–Crippen LogP) is -1.24. The topological polar surface area (TPSA) is 121 Å². The van der Waals surface area contributed by atoms with E-state index in [0.717, 1.165) is 0 Å². The Morgan fingerprint density at radius 2 is 1.39 bits per heavy atom. The van der Waals surface area contributed by atoms with E-state index in [9.17, 15) is 15.3 Å². The van der Waals surface area contributed by atoms with Crippen LogP contribution >= 0.6 is 0 Å². The van der Waals surface area contributed by atoms with Crippen molar-refractivity contribution in [3.05, 3.63) is 0 Å². The molecule has 6 nitrogen and oxygen atoms in total. The van der Waals surface area contributed by atoms with Crippen molar-refractivity contribution in [3.63, 3.8) is 0 Å². The molecule has 110 valence electrons. The van der Waals surface area contributed by atoms with Gasteiger partial charge in [0.15, 0.2) is 0 Å². The van der Waals surface area contributed by atoms with Crippen LogP contribution in [0.15, 0.2) is 0 Å². The number of hydrogen-bond acceptors (Lipinski definition) is 6. The van der Waals surface area contributed by atoms with E-state index in [4.69, 9.17) is 15.3 Å². The van der Waals surface area contributed by atoms with E-state index in [1.807, 2.05) is 0 Å². The van der Waals surface area contributed by atoms with Gasteiger partial charge in [-0.3, -0.25) is 0 Å². The predicted molar refractivity (Wildman–Crippen MR) is 65.9 cm³/mol. The fraction of sp³-hybridized carbons (Fsp3) is 1.00. The molecule has 18 heavy (non-hydrogen) atoms. The number of rotatable bonds is 11. The van der Waals surface area contributed by atoms with Gasteiger partial charge in [0.2, 0.25) is 0 Å². The van der Waals surface area contributed by atoms with E-state index in [2.05, 4.69) is 0 Å². The monoisotopic (exact) mass is 266 g/mol. The van der Waals surface area contributed by atoms with Gasteiger partial charge in [-0.25, -0.2) is 0 Å². The Morgan fingerprint density at radius 3 is 1.89 bits per heavy atom. The highest BCUT2D eigenvalue weighted by atomic mass is 16.4. The zero-order valence-electron chi connectivity index (χ0n) is 10.7. The lowest BCUT2D eigenvalue weighted by molar-refractivity contribution is -0.151. The summed E-state index contributed by atoms with van der Waals surface area (Å²) >= 11 is 0. The second-order valence-corrected chi connectivity index (χ2v) is 4.67. The summed E-state index contributed by atoms with van der Waals surface area (Å²) in [7, 11) is 0. The highest BCUT2D eigenvalue weighted by Gasteiger charge is 2.38. The van der Waals surface area contributed by atoms with E-state index in [1.165, 1.54) is 0 Å². The van der Waals surface area contributed by atoms with Crippen LogP contribution in [0.5, 0.6) is 0 Å². The van der Waals surface area contributed by atoms with Gasteiger partial charge in [0, 0.05) is 13.2 Å². The van der Waals surface area contributed by atoms with Crippen LogP contribution in [0.2, 0.25) is 0 Å². The van der Waals surface area contributed by atoms with Crippen LogP contribution in [0.3, 0.4) is 0 Å². The molecule has 0 aliphatic heterocycles. The first-order chi connectivity index (χ1) is 8.51. The number of unbranched alkanes of at least 4 members (excludes halogenated alkanes) is 2. The normalized spacial score (nSPS) is 18.3. The molecule has 0 aliphatic carbocycles. The fourth-order valence-corrected chi connectivity index (χ4v) is 1.84. The highest BCUT2D eigenvalue weighted by molar-refractivity contribution is 4.90. The Kier molecular flexibility index (Phi) is 9.53. The Hall–Kier alpha value is -0.240. The molecule has 0 bridgehead atoms. The van der Waals surface area contributed by atoms with E-state index in [1.54, 1.807) is 0 Å². The van der Waals surface area contributed by atoms with Gasteiger partial charge in [-0.15, -0.1) is 0 Å². The smallest absolute Gasteiger partial charge is 0.116 e. The van der Waals surface area contributed by atoms with E-state index < -0.39 is 24.4 Å². The molecule has 0 unspecified atom stereocenters. The summed E-state index contributed by atoms with van der Waals surface area (Å²) in [5.74, 6) is 0. The van der Waals surface area contributed by atoms with Crippen molar-refractivity contribution in [1.82, 2.24) is 0 Å². The lowest BCUT2D eigenvalue weighted by atomic mass is 9.86. The van der Waals surface area contributed by atoms with Crippen molar-refractivity contribution in [1.29, 1.82) is 0 Å². The first-order valence-corrected chi connectivity index (χ1v) is 6.43. The Morgan fingerprint density at radius 1 is 0.833 bits per heavy atom. The molecule has 0 saturated heterocycles. The average Bonchev–Trinajstić information content (AvgIpc) is 2.38. The van der Waals surface area contributed by atoms with Gasteiger partial charge < -0.3 is 30.6 Å². The molecule has 0 spiro atoms. The van der Waals surface area contributed by atoms with Gasteiger partial charge >= 0.3 is 0 Å². The van der Waals surface area contributed by atoms with E-state index >= 15 is 0 Å². The zero-order valence-corrected chi connectivity index (χ0v) is 10.7. The molecule has 6 heteroatoms. The zero-order chi connectivity index (χ0) is 14.0. The summed E-state index contributed by atoms with van der Waals surface area (Å²) in [6, 6.07) is 0. The minimum absolute atomic E-state index is 0.0172. The third kappa shape index (κ3) is 6.08. The summed E-state index contributed by atoms with van der Waals surface area (Å²) in [5.41, 5.74) is -1.74. The van der Waals surface area contributed by atoms with Gasteiger partial charge in [-0.1, -0.05) is 0 Å². The molecule has 0 fully saturated rings. The van der Waals surface area contributed by atoms with Crippen LogP contribution in [0.1, 0.15) is 38.5 Å². The molecule has 0 aromatic heterocycles. The maximum Gasteiger partial charge on any atom is 0.116 e. The lowest BCUT2D eigenvalue weighted by Gasteiger charge is -2.34. The van der Waals surface area contributed by atoms with Crippen molar-refractivity contribution < 1.29 is 30.6 Å². The number of aliphatic hydroxyl groups excluding tert-OH is 5. The molecule has 0 radical (unpaired) electrons. The lowest BCUT2D eigenvalue weighted by Crippen LogP contribution is -2.51. The summed E-state index contributed by atoms with van der Waals surface area (Å²) < 4.78 is 0. The van der Waals surface area contributed by atoms with Gasteiger partial charge in [0.05, 0.1) is 12.7 Å². The third-order valence-corrected chi connectivity index (χ3v) is 3.11. The van der Waals surface area contributed by atoms with Gasteiger partial charge in [0.1, 0.15) is 11.7 Å². The molecular formula is C12H26O6. The molecule has 0 rings (SSSR count).